The van der Waals surface area contributed by atoms with Gasteiger partial charge in [-0.2, -0.15) is 5.10 Å². The van der Waals surface area contributed by atoms with Crippen LogP contribution >= 0.6 is 11.3 Å². The molecule has 0 saturated carbocycles. The Morgan fingerprint density at radius 2 is 2.29 bits per heavy atom. The maximum Gasteiger partial charge on any atom is 0.272 e. The predicted molar refractivity (Wildman–Crippen MR) is 91.7 cm³/mol. The lowest BCUT2D eigenvalue weighted by molar-refractivity contribution is 0.0947. The summed E-state index contributed by atoms with van der Waals surface area (Å²) in [6.07, 6.45) is 5.01. The number of nitrogens with zero attached hydrogens (tertiary/aromatic N) is 3. The number of aryl methyl sites for hydroxylation is 1. The van der Waals surface area contributed by atoms with Crippen LogP contribution in [0.15, 0.2) is 52.8 Å². The molecular weight excluding hydrogens is 324 g/mol. The van der Waals surface area contributed by atoms with Gasteiger partial charge in [0.05, 0.1) is 24.5 Å². The molecule has 0 radical (unpaired) electrons. The van der Waals surface area contributed by atoms with Gasteiger partial charge in [-0.1, -0.05) is 6.07 Å². The topological polar surface area (TPSA) is 73.0 Å². The van der Waals surface area contributed by atoms with E-state index in [1.165, 1.54) is 0 Å². The zero-order valence-electron chi connectivity index (χ0n) is 12.9. The van der Waals surface area contributed by atoms with Crippen LogP contribution in [0.5, 0.6) is 0 Å². The largest absolute Gasteiger partial charge is 0.472 e. The third-order valence-corrected chi connectivity index (χ3v) is 4.63. The van der Waals surface area contributed by atoms with Crippen LogP contribution in [-0.4, -0.2) is 20.7 Å². The molecule has 0 saturated heterocycles. The van der Waals surface area contributed by atoms with Gasteiger partial charge in [-0.3, -0.25) is 4.79 Å². The Morgan fingerprint density at radius 3 is 3.04 bits per heavy atom. The van der Waals surface area contributed by atoms with Crippen molar-refractivity contribution in [3.8, 4) is 11.1 Å². The third kappa shape index (κ3) is 2.59. The molecule has 0 aliphatic heterocycles. The van der Waals surface area contributed by atoms with Gasteiger partial charge in [0.15, 0.2) is 11.3 Å². The minimum absolute atomic E-state index is 0.208. The molecule has 0 atom stereocenters. The van der Waals surface area contributed by atoms with Gasteiger partial charge < -0.3 is 9.73 Å². The maximum absolute atomic E-state index is 12.5. The first-order valence-electron chi connectivity index (χ1n) is 7.38. The number of pyridine rings is 1. The van der Waals surface area contributed by atoms with Crippen molar-refractivity contribution in [1.82, 2.24) is 20.1 Å². The van der Waals surface area contributed by atoms with E-state index in [-0.39, 0.29) is 5.91 Å². The van der Waals surface area contributed by atoms with E-state index in [9.17, 15) is 4.79 Å². The van der Waals surface area contributed by atoms with Gasteiger partial charge in [0.1, 0.15) is 0 Å². The van der Waals surface area contributed by atoms with E-state index in [2.05, 4.69) is 15.4 Å². The van der Waals surface area contributed by atoms with Crippen LogP contribution in [0, 0.1) is 0 Å². The molecule has 4 heterocycles. The fourth-order valence-corrected chi connectivity index (χ4v) is 3.20. The highest BCUT2D eigenvalue weighted by Gasteiger charge is 2.18. The number of carbonyl (C=O) groups excluding carboxylic acids is 1. The Kier molecular flexibility index (Phi) is 3.62. The van der Waals surface area contributed by atoms with Gasteiger partial charge in [0.2, 0.25) is 0 Å². The van der Waals surface area contributed by atoms with E-state index in [1.807, 2.05) is 29.6 Å². The molecule has 4 rings (SSSR count). The molecule has 4 aromatic rings. The van der Waals surface area contributed by atoms with Gasteiger partial charge in [-0.15, -0.1) is 11.3 Å². The Morgan fingerprint density at radius 1 is 1.38 bits per heavy atom. The van der Waals surface area contributed by atoms with E-state index >= 15 is 0 Å². The number of nitrogens with one attached hydrogen (secondary N) is 1. The number of furan rings is 1. The molecule has 0 bridgehead atoms. The fraction of sp³-hybridized carbons (Fsp3) is 0.118. The number of fused-ring (bicyclic) bond motifs is 1. The van der Waals surface area contributed by atoms with Crippen molar-refractivity contribution in [3.63, 3.8) is 0 Å². The van der Waals surface area contributed by atoms with Crippen LogP contribution in [0.1, 0.15) is 15.4 Å². The van der Waals surface area contributed by atoms with Gasteiger partial charge in [-0.05, 0) is 23.6 Å². The number of aromatic nitrogens is 3. The molecule has 4 aromatic heterocycles. The van der Waals surface area contributed by atoms with E-state index in [4.69, 9.17) is 4.42 Å². The third-order valence-electron chi connectivity index (χ3n) is 3.75. The molecule has 0 spiro atoms. The molecule has 0 fully saturated rings. The normalized spacial score (nSPS) is 11.0. The Hall–Kier alpha value is -2.93. The summed E-state index contributed by atoms with van der Waals surface area (Å²) < 4.78 is 6.74. The smallest absolute Gasteiger partial charge is 0.272 e. The average molecular weight is 338 g/mol. The number of rotatable bonds is 4. The molecule has 0 aromatic carbocycles. The van der Waals surface area contributed by atoms with Crippen molar-refractivity contribution in [3.05, 3.63) is 58.9 Å². The summed E-state index contributed by atoms with van der Waals surface area (Å²) >= 11 is 1.61. The van der Waals surface area contributed by atoms with Crippen molar-refractivity contribution < 1.29 is 9.21 Å². The lowest BCUT2D eigenvalue weighted by atomic mass is 10.1. The van der Waals surface area contributed by atoms with Crippen molar-refractivity contribution in [2.45, 2.75) is 6.54 Å². The molecule has 0 aliphatic carbocycles. The first-order chi connectivity index (χ1) is 11.7. The summed E-state index contributed by atoms with van der Waals surface area (Å²) in [6.45, 7) is 0.490. The zero-order valence-corrected chi connectivity index (χ0v) is 13.7. The summed E-state index contributed by atoms with van der Waals surface area (Å²) in [5.74, 6) is -0.208. The van der Waals surface area contributed by atoms with E-state index in [1.54, 1.807) is 41.8 Å². The van der Waals surface area contributed by atoms with E-state index < -0.39 is 0 Å². The molecule has 1 N–H and O–H groups in total. The summed E-state index contributed by atoms with van der Waals surface area (Å²) in [5.41, 5.74) is 2.85. The van der Waals surface area contributed by atoms with Crippen LogP contribution in [0.2, 0.25) is 0 Å². The number of carbonyl (C=O) groups is 1. The van der Waals surface area contributed by atoms with E-state index in [0.717, 1.165) is 21.4 Å². The SMILES string of the molecule is Cn1nc(C(=O)NCc2cccs2)c2cc(-c3ccoc3)cnc21. The highest BCUT2D eigenvalue weighted by molar-refractivity contribution is 7.09. The highest BCUT2D eigenvalue weighted by atomic mass is 32.1. The molecule has 24 heavy (non-hydrogen) atoms. The van der Waals surface area contributed by atoms with Crippen molar-refractivity contribution in [2.75, 3.05) is 0 Å². The van der Waals surface area contributed by atoms with Crippen LogP contribution in [-0.2, 0) is 13.6 Å². The molecular formula is C17H14N4O2S. The maximum atomic E-state index is 12.5. The first-order valence-corrected chi connectivity index (χ1v) is 8.26. The summed E-state index contributed by atoms with van der Waals surface area (Å²) in [4.78, 5) is 18.1. The van der Waals surface area contributed by atoms with Crippen LogP contribution in [0.3, 0.4) is 0 Å². The molecule has 0 unspecified atom stereocenters. The van der Waals surface area contributed by atoms with Crippen molar-refractivity contribution >= 4 is 28.3 Å². The first kappa shape index (κ1) is 14.6. The number of amides is 1. The summed E-state index contributed by atoms with van der Waals surface area (Å²) in [6, 6.07) is 7.72. The number of hydrogen-bond acceptors (Lipinski definition) is 5. The second kappa shape index (κ2) is 5.93. The van der Waals surface area contributed by atoms with Gasteiger partial charge in [0, 0.05) is 29.2 Å². The molecule has 120 valence electrons. The quantitative estimate of drug-likeness (QED) is 0.620. The zero-order chi connectivity index (χ0) is 16.5. The Bertz CT molecular complexity index is 987. The lowest BCUT2D eigenvalue weighted by Crippen LogP contribution is -2.23. The fourth-order valence-electron chi connectivity index (χ4n) is 2.56. The molecule has 7 heteroatoms. The highest BCUT2D eigenvalue weighted by Crippen LogP contribution is 2.25. The summed E-state index contributed by atoms with van der Waals surface area (Å²) in [7, 11) is 1.78. The Balaban J connectivity index is 1.69. The summed E-state index contributed by atoms with van der Waals surface area (Å²) in [5, 5.41) is 9.95. The second-order valence-corrected chi connectivity index (χ2v) is 6.37. The Labute approximate surface area is 141 Å². The van der Waals surface area contributed by atoms with Crippen LogP contribution in [0.25, 0.3) is 22.2 Å². The molecule has 0 aliphatic rings. The minimum atomic E-state index is -0.208. The van der Waals surface area contributed by atoms with Crippen LogP contribution in [0.4, 0.5) is 0 Å². The van der Waals surface area contributed by atoms with Crippen molar-refractivity contribution in [1.29, 1.82) is 0 Å². The van der Waals surface area contributed by atoms with Crippen LogP contribution < -0.4 is 5.32 Å². The van der Waals surface area contributed by atoms with Gasteiger partial charge in [-0.25, -0.2) is 9.67 Å². The monoisotopic (exact) mass is 338 g/mol. The van der Waals surface area contributed by atoms with Crippen molar-refractivity contribution in [2.24, 2.45) is 7.05 Å². The van der Waals surface area contributed by atoms with E-state index in [0.29, 0.717) is 17.9 Å². The van der Waals surface area contributed by atoms with Gasteiger partial charge in [0.25, 0.3) is 5.91 Å². The number of thiophene rings is 1. The predicted octanol–water partition coefficient (Wildman–Crippen LogP) is 3.22. The second-order valence-electron chi connectivity index (χ2n) is 5.34. The average Bonchev–Trinajstić information content (AvgIpc) is 3.34. The number of hydrogen-bond donors (Lipinski definition) is 1. The minimum Gasteiger partial charge on any atom is -0.472 e. The molecule has 6 nitrogen and oxygen atoms in total. The molecule has 1 amide bonds. The van der Waals surface area contributed by atoms with Gasteiger partial charge >= 0.3 is 0 Å². The lowest BCUT2D eigenvalue weighted by Gasteiger charge is -2.02. The standard InChI is InChI=1S/C17H14N4O2S/c1-21-16-14(7-12(8-18-16)11-4-5-23-10-11)15(20-21)17(22)19-9-13-3-2-6-24-13/h2-8,10H,9H2,1H3,(H,19,22).